The van der Waals surface area contributed by atoms with E-state index in [0.717, 1.165) is 6.42 Å². The lowest BCUT2D eigenvalue weighted by molar-refractivity contribution is -0.134. The third-order valence-electron chi connectivity index (χ3n) is 5.83. The monoisotopic (exact) mass is 477 g/mol. The van der Waals surface area contributed by atoms with Gasteiger partial charge in [0.05, 0.1) is 33.3 Å². The van der Waals surface area contributed by atoms with Crippen LogP contribution in [0.3, 0.4) is 0 Å². The Morgan fingerprint density at radius 3 is 2.47 bits per heavy atom. The van der Waals surface area contributed by atoms with Crippen molar-refractivity contribution in [3.63, 3.8) is 0 Å². The summed E-state index contributed by atoms with van der Waals surface area (Å²) in [7, 11) is -2.08. The van der Waals surface area contributed by atoms with Gasteiger partial charge in [0.15, 0.2) is 0 Å². The van der Waals surface area contributed by atoms with E-state index < -0.39 is 15.7 Å². The number of carbonyl (C=O) groups is 1. The second-order valence-corrected chi connectivity index (χ2v) is 11.1. The van der Waals surface area contributed by atoms with Gasteiger partial charge in [0, 0.05) is 26.7 Å². The molecule has 10 heteroatoms. The second kappa shape index (κ2) is 9.30. The van der Waals surface area contributed by atoms with Crippen LogP contribution in [0.15, 0.2) is 23.1 Å². The molecule has 1 spiro atoms. The van der Waals surface area contributed by atoms with Gasteiger partial charge in [-0.05, 0) is 43.4 Å². The van der Waals surface area contributed by atoms with E-state index in [9.17, 15) is 13.2 Å². The van der Waals surface area contributed by atoms with E-state index in [1.54, 1.807) is 7.11 Å². The molecule has 2 fully saturated rings. The number of benzene rings is 1. The molecule has 3 rings (SSSR count). The van der Waals surface area contributed by atoms with Crippen LogP contribution in [0.2, 0.25) is 10.0 Å². The van der Waals surface area contributed by atoms with Crippen LogP contribution in [0.4, 0.5) is 0 Å². The van der Waals surface area contributed by atoms with E-state index in [4.69, 9.17) is 27.9 Å². The van der Waals surface area contributed by atoms with E-state index in [2.05, 4.69) is 19.2 Å². The summed E-state index contributed by atoms with van der Waals surface area (Å²) in [6.45, 7) is 5.71. The van der Waals surface area contributed by atoms with Crippen LogP contribution in [0.25, 0.3) is 0 Å². The van der Waals surface area contributed by atoms with Gasteiger partial charge < -0.3 is 9.64 Å². The number of amides is 1. The Morgan fingerprint density at radius 1 is 1.23 bits per heavy atom. The molecule has 1 unspecified atom stereocenters. The zero-order valence-electron chi connectivity index (χ0n) is 17.5. The molecular formula is C20H29Cl2N3O4S. The number of sulfonamides is 1. The van der Waals surface area contributed by atoms with E-state index in [0.29, 0.717) is 50.0 Å². The molecule has 7 nitrogen and oxygen atoms in total. The maximum atomic E-state index is 13.1. The highest BCUT2D eigenvalue weighted by Gasteiger charge is 2.52. The first kappa shape index (κ1) is 23.8. The molecule has 2 aliphatic rings. The quantitative estimate of drug-likeness (QED) is 0.652. The van der Waals surface area contributed by atoms with Crippen molar-refractivity contribution >= 4 is 39.1 Å². The molecule has 1 aromatic carbocycles. The smallest absolute Gasteiger partial charge is 0.243 e. The number of carbonyl (C=O) groups excluding carboxylic acids is 1. The van der Waals surface area contributed by atoms with Crippen molar-refractivity contribution in [1.29, 1.82) is 0 Å². The van der Waals surface area contributed by atoms with Crippen molar-refractivity contribution < 1.29 is 17.9 Å². The first-order chi connectivity index (χ1) is 14.1. The van der Waals surface area contributed by atoms with E-state index in [1.165, 1.54) is 22.5 Å². The number of rotatable bonds is 7. The van der Waals surface area contributed by atoms with Crippen LogP contribution < -0.4 is 5.32 Å². The van der Waals surface area contributed by atoms with Gasteiger partial charge in [-0.1, -0.05) is 37.0 Å². The summed E-state index contributed by atoms with van der Waals surface area (Å²) in [4.78, 5) is 15.0. The second-order valence-electron chi connectivity index (χ2n) is 8.32. The summed E-state index contributed by atoms with van der Waals surface area (Å²) in [5.41, 5.74) is -0.543. The van der Waals surface area contributed by atoms with Crippen LogP contribution in [-0.2, 0) is 19.6 Å². The number of nitrogens with zero attached hydrogens (tertiary/aromatic N) is 2. The van der Waals surface area contributed by atoms with Crippen molar-refractivity contribution in [2.24, 2.45) is 5.92 Å². The molecule has 0 radical (unpaired) electrons. The fourth-order valence-corrected chi connectivity index (χ4v) is 6.13. The zero-order chi connectivity index (χ0) is 22.1. The van der Waals surface area contributed by atoms with E-state index in [-0.39, 0.29) is 21.9 Å². The van der Waals surface area contributed by atoms with Crippen LogP contribution in [0.5, 0.6) is 0 Å². The summed E-state index contributed by atoms with van der Waals surface area (Å²) in [6, 6.07) is 4.09. The Labute approximate surface area is 188 Å². The fourth-order valence-electron chi connectivity index (χ4n) is 4.30. The molecule has 2 heterocycles. The molecule has 168 valence electrons. The highest BCUT2D eigenvalue weighted by Crippen LogP contribution is 2.36. The maximum Gasteiger partial charge on any atom is 0.243 e. The topological polar surface area (TPSA) is 79.0 Å². The van der Waals surface area contributed by atoms with Gasteiger partial charge in [0.2, 0.25) is 15.9 Å². The highest BCUT2D eigenvalue weighted by atomic mass is 35.5. The molecule has 1 aromatic rings. The fraction of sp³-hybridized carbons (Fsp3) is 0.650. The molecule has 1 atom stereocenters. The molecule has 2 aliphatic heterocycles. The SMILES string of the molecule is COCCN1C(=O)C(CC(C)C)NC12CCN(S(=O)(=O)c1ccc(Cl)c(Cl)c1)CC2. The van der Waals surface area contributed by atoms with Crippen molar-refractivity contribution in [3.8, 4) is 0 Å². The minimum Gasteiger partial charge on any atom is -0.383 e. The summed E-state index contributed by atoms with van der Waals surface area (Å²) in [5.74, 6) is 0.447. The average Bonchev–Trinajstić information content (AvgIpc) is 2.92. The lowest BCUT2D eigenvalue weighted by Gasteiger charge is -2.44. The lowest BCUT2D eigenvalue weighted by atomic mass is 9.97. The summed E-state index contributed by atoms with van der Waals surface area (Å²) >= 11 is 11.9. The Hall–Kier alpha value is -0.900. The number of halogens is 2. The third-order valence-corrected chi connectivity index (χ3v) is 8.46. The summed E-state index contributed by atoms with van der Waals surface area (Å²) in [6.07, 6.45) is 1.77. The van der Waals surface area contributed by atoms with Gasteiger partial charge in [0.25, 0.3) is 0 Å². The molecular weight excluding hydrogens is 449 g/mol. The Morgan fingerprint density at radius 2 is 1.90 bits per heavy atom. The number of hydrogen-bond acceptors (Lipinski definition) is 5. The average molecular weight is 478 g/mol. The van der Waals surface area contributed by atoms with Gasteiger partial charge in [-0.15, -0.1) is 0 Å². The predicted molar refractivity (Wildman–Crippen MR) is 117 cm³/mol. The van der Waals surface area contributed by atoms with Crippen LogP contribution in [0, 0.1) is 5.92 Å². The van der Waals surface area contributed by atoms with Gasteiger partial charge in [-0.2, -0.15) is 4.31 Å². The molecule has 0 aliphatic carbocycles. The number of nitrogens with one attached hydrogen (secondary N) is 1. The molecule has 0 bridgehead atoms. The Kier molecular flexibility index (Phi) is 7.37. The normalized spacial score (nSPS) is 22.4. The zero-order valence-corrected chi connectivity index (χ0v) is 19.9. The Bertz CT molecular complexity index is 886. The maximum absolute atomic E-state index is 13.1. The first-order valence-corrected chi connectivity index (χ1v) is 12.3. The molecule has 2 saturated heterocycles. The third kappa shape index (κ3) is 4.64. The number of ether oxygens (including phenoxy) is 1. The molecule has 0 aromatic heterocycles. The van der Waals surface area contributed by atoms with Crippen molar-refractivity contribution in [3.05, 3.63) is 28.2 Å². The lowest BCUT2D eigenvalue weighted by Crippen LogP contribution is -2.60. The van der Waals surface area contributed by atoms with Gasteiger partial charge >= 0.3 is 0 Å². The van der Waals surface area contributed by atoms with Crippen molar-refractivity contribution in [1.82, 2.24) is 14.5 Å². The first-order valence-electron chi connectivity index (χ1n) is 10.1. The minimum atomic E-state index is -3.69. The van der Waals surface area contributed by atoms with Crippen molar-refractivity contribution in [2.75, 3.05) is 33.4 Å². The van der Waals surface area contributed by atoms with Crippen LogP contribution in [0.1, 0.15) is 33.1 Å². The van der Waals surface area contributed by atoms with Crippen LogP contribution >= 0.6 is 23.2 Å². The highest BCUT2D eigenvalue weighted by molar-refractivity contribution is 7.89. The Balaban J connectivity index is 1.78. The standard InChI is InChI=1S/C20H29Cl2N3O4S/c1-14(2)12-18-19(26)25(10-11-29-3)20(23-18)6-8-24(9-7-20)30(27,28)15-4-5-16(21)17(22)13-15/h4-5,13-14,18,23H,6-12H2,1-3H3. The largest absolute Gasteiger partial charge is 0.383 e. The molecule has 30 heavy (non-hydrogen) atoms. The minimum absolute atomic E-state index is 0.0709. The van der Waals surface area contributed by atoms with E-state index >= 15 is 0 Å². The molecule has 1 amide bonds. The van der Waals surface area contributed by atoms with Gasteiger partial charge in [-0.3, -0.25) is 10.1 Å². The summed E-state index contributed by atoms with van der Waals surface area (Å²) in [5, 5.41) is 4.05. The van der Waals surface area contributed by atoms with Crippen LogP contribution in [-0.4, -0.2) is 68.6 Å². The summed E-state index contributed by atoms with van der Waals surface area (Å²) < 4.78 is 32.8. The predicted octanol–water partition coefficient (Wildman–Crippen LogP) is 2.97. The molecule has 1 N–H and O–H groups in total. The number of piperidine rings is 1. The van der Waals surface area contributed by atoms with Crippen molar-refractivity contribution in [2.45, 2.75) is 49.7 Å². The van der Waals surface area contributed by atoms with E-state index in [1.807, 2.05) is 4.90 Å². The number of hydrogen-bond donors (Lipinski definition) is 1. The molecule has 0 saturated carbocycles. The number of methoxy groups -OCH3 is 1. The van der Waals surface area contributed by atoms with Gasteiger partial charge in [-0.25, -0.2) is 8.42 Å². The van der Waals surface area contributed by atoms with Gasteiger partial charge in [0.1, 0.15) is 0 Å².